The molecule has 2 heterocycles. The maximum atomic E-state index is 13.0. The minimum Gasteiger partial charge on any atom is -0.382 e. The fraction of sp³-hybridized carbons (Fsp3) is 0.208. The number of nitrogen functional groups attached to an aromatic ring is 1. The Hall–Kier alpha value is -3.59. The molecule has 0 aliphatic heterocycles. The van der Waals surface area contributed by atoms with Gasteiger partial charge >= 0.3 is 6.18 Å². The van der Waals surface area contributed by atoms with Crippen LogP contribution in [0.2, 0.25) is 5.02 Å². The highest BCUT2D eigenvalue weighted by atomic mass is 35.5. The number of nitrogens with zero attached hydrogens (tertiary/aromatic N) is 3. The minimum atomic E-state index is -4.51. The van der Waals surface area contributed by atoms with Crippen LogP contribution in [0.25, 0.3) is 16.7 Å². The zero-order valence-corrected chi connectivity index (χ0v) is 18.5. The second-order valence-electron chi connectivity index (χ2n) is 8.15. The minimum absolute atomic E-state index is 0.103. The number of nitrogens with one attached hydrogen (secondary N) is 1. The fourth-order valence-corrected chi connectivity index (χ4v) is 4.63. The third kappa shape index (κ3) is 3.96. The summed E-state index contributed by atoms with van der Waals surface area (Å²) in [5, 5.41) is 2.82. The third-order valence-electron chi connectivity index (χ3n) is 5.95. The molecule has 1 amide bonds. The molecule has 0 saturated heterocycles. The molecule has 0 atom stereocenters. The van der Waals surface area contributed by atoms with Crippen LogP contribution in [-0.2, 0) is 30.2 Å². The first kappa shape index (κ1) is 22.2. The maximum absolute atomic E-state index is 13.0. The average molecular weight is 486 g/mol. The number of aryl methyl sites for hydroxylation is 1. The standard InChI is InChI=1S/C24H19ClF3N5O/c25-18-9-4-14(24(26,27)28)10-13(18)11-20(34)32-15-5-7-16(8-6-15)33-19-3-1-2-17(19)21-22(33)23(29)31-12-30-21/h4-10,12H,1-3,11H2,(H,32,34)(H2,29,30,31). The van der Waals surface area contributed by atoms with Gasteiger partial charge in [0.05, 0.1) is 17.5 Å². The van der Waals surface area contributed by atoms with Crippen LogP contribution in [0.3, 0.4) is 0 Å². The number of hydrogen-bond donors (Lipinski definition) is 2. The van der Waals surface area contributed by atoms with Crippen LogP contribution in [0.4, 0.5) is 24.7 Å². The lowest BCUT2D eigenvalue weighted by molar-refractivity contribution is -0.137. The summed E-state index contributed by atoms with van der Waals surface area (Å²) >= 11 is 6.01. The van der Waals surface area contributed by atoms with Gasteiger partial charge in [-0.2, -0.15) is 13.2 Å². The molecule has 0 fully saturated rings. The largest absolute Gasteiger partial charge is 0.416 e. The molecule has 2 aromatic carbocycles. The van der Waals surface area contributed by atoms with Gasteiger partial charge in [-0.3, -0.25) is 4.79 Å². The second kappa shape index (κ2) is 8.32. The van der Waals surface area contributed by atoms with Gasteiger partial charge in [-0.25, -0.2) is 9.97 Å². The Bertz CT molecular complexity index is 1410. The van der Waals surface area contributed by atoms with E-state index in [1.54, 1.807) is 12.1 Å². The number of carbonyl (C=O) groups excluding carboxylic acids is 1. The van der Waals surface area contributed by atoms with Gasteiger partial charge in [-0.15, -0.1) is 0 Å². The molecular weight excluding hydrogens is 467 g/mol. The normalized spacial score (nSPS) is 13.3. The Kier molecular flexibility index (Phi) is 5.44. The SMILES string of the molecule is Nc1ncnc2c3c(n(-c4ccc(NC(=O)Cc5cc(C(F)(F)F)ccc5Cl)cc4)c12)CCC3. The Labute approximate surface area is 197 Å². The second-order valence-corrected chi connectivity index (χ2v) is 8.55. The van der Waals surface area contributed by atoms with Crippen LogP contribution in [0, 0.1) is 0 Å². The van der Waals surface area contributed by atoms with Crippen molar-refractivity contribution in [1.29, 1.82) is 0 Å². The summed E-state index contributed by atoms with van der Waals surface area (Å²) in [6.07, 6.45) is -0.452. The monoisotopic (exact) mass is 485 g/mol. The number of alkyl halides is 3. The van der Waals surface area contributed by atoms with Crippen LogP contribution < -0.4 is 11.1 Å². The first-order valence-corrected chi connectivity index (χ1v) is 11.0. The van der Waals surface area contributed by atoms with E-state index in [9.17, 15) is 18.0 Å². The van der Waals surface area contributed by atoms with Crippen LogP contribution in [0.1, 0.15) is 28.8 Å². The number of hydrogen-bond acceptors (Lipinski definition) is 4. The summed E-state index contributed by atoms with van der Waals surface area (Å²) in [5.41, 5.74) is 10.7. The van der Waals surface area contributed by atoms with E-state index in [2.05, 4.69) is 19.9 Å². The molecule has 0 radical (unpaired) electrons. The first-order valence-electron chi connectivity index (χ1n) is 10.6. The lowest BCUT2D eigenvalue weighted by Gasteiger charge is -2.13. The molecule has 1 aliphatic carbocycles. The first-order chi connectivity index (χ1) is 16.2. The van der Waals surface area contributed by atoms with E-state index in [1.807, 2.05) is 12.1 Å². The van der Waals surface area contributed by atoms with E-state index >= 15 is 0 Å². The Balaban J connectivity index is 1.38. The van der Waals surface area contributed by atoms with Crippen molar-refractivity contribution in [3.05, 3.63) is 76.2 Å². The summed E-state index contributed by atoms with van der Waals surface area (Å²) in [6, 6.07) is 10.1. The van der Waals surface area contributed by atoms with Gasteiger partial charge in [-0.05, 0) is 72.9 Å². The number of nitrogens with two attached hydrogens (primary N) is 1. The predicted octanol–water partition coefficient (Wildman–Crippen LogP) is 5.34. The number of fused-ring (bicyclic) bond motifs is 3. The molecule has 0 saturated carbocycles. The average Bonchev–Trinajstić information content (AvgIpc) is 3.37. The number of carbonyl (C=O) groups is 1. The number of anilines is 2. The molecule has 3 N–H and O–H groups in total. The molecule has 1 aliphatic rings. The van der Waals surface area contributed by atoms with E-state index in [0.717, 1.165) is 59.9 Å². The van der Waals surface area contributed by atoms with Crippen molar-refractivity contribution in [1.82, 2.24) is 14.5 Å². The smallest absolute Gasteiger partial charge is 0.382 e. The zero-order chi connectivity index (χ0) is 24.0. The van der Waals surface area contributed by atoms with Crippen LogP contribution in [0.5, 0.6) is 0 Å². The van der Waals surface area contributed by atoms with Gasteiger partial charge in [0.15, 0.2) is 5.82 Å². The highest BCUT2D eigenvalue weighted by Crippen LogP contribution is 2.36. The van der Waals surface area contributed by atoms with E-state index < -0.39 is 17.6 Å². The highest BCUT2D eigenvalue weighted by molar-refractivity contribution is 6.31. The van der Waals surface area contributed by atoms with Crippen LogP contribution >= 0.6 is 11.6 Å². The Morgan fingerprint density at radius 2 is 1.88 bits per heavy atom. The lowest BCUT2D eigenvalue weighted by Crippen LogP contribution is -2.15. The predicted molar refractivity (Wildman–Crippen MR) is 124 cm³/mol. The van der Waals surface area contributed by atoms with Gasteiger partial charge in [0, 0.05) is 22.1 Å². The van der Waals surface area contributed by atoms with Crippen molar-refractivity contribution in [2.45, 2.75) is 31.9 Å². The quantitative estimate of drug-likeness (QED) is 0.408. The van der Waals surface area contributed by atoms with Gasteiger partial charge in [0.25, 0.3) is 0 Å². The third-order valence-corrected chi connectivity index (χ3v) is 6.32. The van der Waals surface area contributed by atoms with Crippen LogP contribution in [0.15, 0.2) is 48.8 Å². The molecule has 0 spiro atoms. The Morgan fingerprint density at radius 1 is 1.12 bits per heavy atom. The summed E-state index contributed by atoms with van der Waals surface area (Å²) in [7, 11) is 0. The van der Waals surface area contributed by atoms with E-state index in [4.69, 9.17) is 17.3 Å². The van der Waals surface area contributed by atoms with E-state index in [0.29, 0.717) is 11.5 Å². The molecular formula is C24H19ClF3N5O. The van der Waals surface area contributed by atoms with Gasteiger partial charge in [0.1, 0.15) is 11.8 Å². The number of rotatable bonds is 4. The topological polar surface area (TPSA) is 85.8 Å². The van der Waals surface area contributed by atoms with Gasteiger partial charge in [0.2, 0.25) is 5.91 Å². The summed E-state index contributed by atoms with van der Waals surface area (Å²) in [6.45, 7) is 0. The molecule has 6 nitrogen and oxygen atoms in total. The summed E-state index contributed by atoms with van der Waals surface area (Å²) in [4.78, 5) is 21.1. The van der Waals surface area contributed by atoms with Crippen molar-refractivity contribution >= 4 is 40.0 Å². The molecule has 10 heteroatoms. The Morgan fingerprint density at radius 3 is 2.62 bits per heavy atom. The lowest BCUT2D eigenvalue weighted by atomic mass is 10.1. The number of halogens is 4. The molecule has 34 heavy (non-hydrogen) atoms. The molecule has 5 rings (SSSR count). The van der Waals surface area contributed by atoms with E-state index in [-0.39, 0.29) is 17.0 Å². The maximum Gasteiger partial charge on any atom is 0.416 e. The van der Waals surface area contributed by atoms with Crippen molar-refractivity contribution in [3.63, 3.8) is 0 Å². The number of aromatic nitrogens is 3. The molecule has 0 unspecified atom stereocenters. The van der Waals surface area contributed by atoms with Gasteiger partial charge in [-0.1, -0.05) is 11.6 Å². The highest BCUT2D eigenvalue weighted by Gasteiger charge is 2.31. The van der Waals surface area contributed by atoms with Crippen molar-refractivity contribution in [3.8, 4) is 5.69 Å². The molecule has 0 bridgehead atoms. The van der Waals surface area contributed by atoms with Crippen molar-refractivity contribution < 1.29 is 18.0 Å². The molecule has 4 aromatic rings. The van der Waals surface area contributed by atoms with E-state index in [1.165, 1.54) is 11.9 Å². The van der Waals surface area contributed by atoms with Crippen LogP contribution in [-0.4, -0.2) is 20.4 Å². The van der Waals surface area contributed by atoms with Crippen molar-refractivity contribution in [2.24, 2.45) is 0 Å². The van der Waals surface area contributed by atoms with Gasteiger partial charge < -0.3 is 15.6 Å². The summed E-state index contributed by atoms with van der Waals surface area (Å²) in [5.74, 6) is -0.0753. The number of amides is 1. The summed E-state index contributed by atoms with van der Waals surface area (Å²) < 4.78 is 41.0. The van der Waals surface area contributed by atoms with Crippen molar-refractivity contribution in [2.75, 3.05) is 11.1 Å². The number of benzene rings is 2. The fourth-order valence-electron chi connectivity index (χ4n) is 4.44. The zero-order valence-electron chi connectivity index (χ0n) is 17.8. The molecule has 174 valence electrons. The molecule has 2 aromatic heterocycles.